The van der Waals surface area contributed by atoms with Gasteiger partial charge in [-0.25, -0.2) is 0 Å². The van der Waals surface area contributed by atoms with Crippen LogP contribution in [0.25, 0.3) is 62.6 Å². The fourth-order valence-electron chi connectivity index (χ4n) is 14.7. The number of hydrogen-bond donors (Lipinski definition) is 0. The molecule has 0 fully saturated rings. The van der Waals surface area contributed by atoms with Gasteiger partial charge in [-0.3, -0.25) is 0 Å². The molecular formula is C96H78N4O12S3. The molecule has 3 aliphatic heterocycles. The van der Waals surface area contributed by atoms with Crippen LogP contribution in [-0.4, -0.2) is 82.3 Å². The van der Waals surface area contributed by atoms with E-state index >= 15 is 0 Å². The second-order valence-corrected chi connectivity index (χ2v) is 30.2. The summed E-state index contributed by atoms with van der Waals surface area (Å²) in [5.41, 5.74) is 17.7. The molecule has 0 radical (unpaired) electrons. The highest BCUT2D eigenvalue weighted by Crippen LogP contribution is 2.58. The van der Waals surface area contributed by atoms with E-state index in [1.54, 1.807) is 76.7 Å². The molecule has 0 atom stereocenters. The van der Waals surface area contributed by atoms with Crippen molar-refractivity contribution >= 4 is 102 Å². The number of anilines is 12. The van der Waals surface area contributed by atoms with E-state index in [0.717, 1.165) is 200 Å². The number of nitrogens with zero attached hydrogens (tertiary/aromatic N) is 4. The Balaban J connectivity index is 0.683. The molecule has 0 aliphatic carbocycles. The molecule has 16 nitrogen and oxygen atoms in total. The highest BCUT2D eigenvalue weighted by molar-refractivity contribution is 7.20. The number of benzene rings is 12. The number of thiophene rings is 3. The zero-order valence-electron chi connectivity index (χ0n) is 63.9. The number of ether oxygens (including phenoxy) is 12. The standard InChI is InChI=1S/C96H78N4O12S3/c1-101-79-43-31-73(32-44-79)98(74-33-45-80(102-2)46-34-74)70-25-13-64(14-26-70)94-88-85(107-55-58-110-88)91(113-94)61-7-19-67(20-8-61)97(68-21-9-62(10-22-68)92-86-89(111-59-56-108-86)95(114-92)65-15-27-71(28-16-65)99(75-35-47-81(103-3)48-36-75)76-37-49-82(104-4)50-38-76)69-23-11-63(12-24-69)93-87-90(112-60-57-109-87)96(115-93)66-17-29-72(30-18-66)100(77-39-51-83(105-5)52-40-77)78-41-53-84(106-6)54-42-78/h7-54H,55-60H2,1-6H3. The maximum Gasteiger partial charge on any atom is 0.180 e. The van der Waals surface area contributed by atoms with Gasteiger partial charge in [0.1, 0.15) is 74.1 Å². The molecule has 0 bridgehead atoms. The molecule has 0 saturated carbocycles. The maximum absolute atomic E-state index is 6.57. The van der Waals surface area contributed by atoms with Gasteiger partial charge in [-0.15, -0.1) is 34.0 Å². The van der Waals surface area contributed by atoms with E-state index in [-0.39, 0.29) is 0 Å². The first-order valence-corrected chi connectivity index (χ1v) is 40.1. The van der Waals surface area contributed by atoms with Gasteiger partial charge < -0.3 is 76.4 Å². The van der Waals surface area contributed by atoms with Crippen molar-refractivity contribution in [1.29, 1.82) is 0 Å². The van der Waals surface area contributed by atoms with Crippen LogP contribution in [0, 0.1) is 0 Å². The van der Waals surface area contributed by atoms with Crippen LogP contribution in [-0.2, 0) is 0 Å². The average molecular weight is 1580 g/mol. The normalized spacial score (nSPS) is 12.5. The molecule has 3 aliphatic rings. The number of fused-ring (bicyclic) bond motifs is 3. The van der Waals surface area contributed by atoms with Crippen molar-refractivity contribution < 1.29 is 56.8 Å². The molecule has 0 saturated heterocycles. The van der Waals surface area contributed by atoms with Crippen LogP contribution in [0.3, 0.4) is 0 Å². The molecule has 0 N–H and O–H groups in total. The topological polar surface area (TPSA) is 124 Å². The monoisotopic (exact) mass is 1570 g/mol. The molecule has 3 aromatic heterocycles. The number of methoxy groups -OCH3 is 6. The molecule has 19 heteroatoms. The van der Waals surface area contributed by atoms with E-state index < -0.39 is 0 Å². The van der Waals surface area contributed by atoms with Crippen molar-refractivity contribution in [2.45, 2.75) is 0 Å². The molecule has 0 amide bonds. The van der Waals surface area contributed by atoms with Crippen molar-refractivity contribution in [1.82, 2.24) is 0 Å². The fourth-order valence-corrected chi connectivity index (χ4v) is 18.3. The van der Waals surface area contributed by atoms with Crippen LogP contribution >= 0.6 is 34.0 Å². The Hall–Kier alpha value is -13.5. The Morgan fingerprint density at radius 3 is 0.400 bits per heavy atom. The molecule has 12 aromatic carbocycles. The zero-order chi connectivity index (χ0) is 77.9. The minimum atomic E-state index is 0.434. The van der Waals surface area contributed by atoms with Crippen molar-refractivity contribution in [3.8, 4) is 132 Å². The third-order valence-electron chi connectivity index (χ3n) is 20.5. The largest absolute Gasteiger partial charge is 0.497 e. The molecule has 0 unspecified atom stereocenters. The molecule has 6 heterocycles. The van der Waals surface area contributed by atoms with Crippen molar-refractivity contribution in [3.63, 3.8) is 0 Å². The smallest absolute Gasteiger partial charge is 0.180 e. The molecule has 0 spiro atoms. The summed E-state index contributed by atoms with van der Waals surface area (Å²) in [6.07, 6.45) is 0. The lowest BCUT2D eigenvalue weighted by Crippen LogP contribution is -2.15. The number of hydrogen-bond acceptors (Lipinski definition) is 19. The van der Waals surface area contributed by atoms with Gasteiger partial charge in [0.25, 0.3) is 0 Å². The molecule has 572 valence electrons. The molecule has 18 rings (SSSR count). The first-order valence-electron chi connectivity index (χ1n) is 37.6. The van der Waals surface area contributed by atoms with Gasteiger partial charge in [-0.1, -0.05) is 72.8 Å². The Bertz CT molecular complexity index is 5160. The number of rotatable bonds is 24. The van der Waals surface area contributed by atoms with E-state index in [2.05, 4.69) is 238 Å². The van der Waals surface area contributed by atoms with Crippen LogP contribution in [0.1, 0.15) is 0 Å². The lowest BCUT2D eigenvalue weighted by atomic mass is 10.1. The van der Waals surface area contributed by atoms with E-state index in [0.29, 0.717) is 39.6 Å². The highest BCUT2D eigenvalue weighted by atomic mass is 32.1. The molecule has 15 aromatic rings. The lowest BCUT2D eigenvalue weighted by Gasteiger charge is -2.26. The van der Waals surface area contributed by atoms with Gasteiger partial charge in [0.2, 0.25) is 0 Å². The summed E-state index contributed by atoms with van der Waals surface area (Å²) in [4.78, 5) is 14.8. The minimum absolute atomic E-state index is 0.434. The summed E-state index contributed by atoms with van der Waals surface area (Å²) in [5.74, 6) is 9.13. The lowest BCUT2D eigenvalue weighted by molar-refractivity contribution is 0.175. The van der Waals surface area contributed by atoms with Crippen molar-refractivity contribution in [3.05, 3.63) is 291 Å². The summed E-state index contributed by atoms with van der Waals surface area (Å²) in [5, 5.41) is 0. The first kappa shape index (κ1) is 73.0. The minimum Gasteiger partial charge on any atom is -0.497 e. The summed E-state index contributed by atoms with van der Waals surface area (Å²) in [7, 11) is 10.1. The first-order chi connectivity index (χ1) is 56.7. The van der Waals surface area contributed by atoms with E-state index in [1.807, 2.05) is 72.8 Å². The predicted molar refractivity (Wildman–Crippen MR) is 464 cm³/mol. The summed E-state index contributed by atoms with van der Waals surface area (Å²) < 4.78 is 72.6. The van der Waals surface area contributed by atoms with Crippen LogP contribution in [0.2, 0.25) is 0 Å². The summed E-state index contributed by atoms with van der Waals surface area (Å²) in [6, 6.07) is 101. The van der Waals surface area contributed by atoms with Gasteiger partial charge in [0, 0.05) is 68.2 Å². The summed E-state index contributed by atoms with van der Waals surface area (Å²) in [6.45, 7) is 2.62. The quantitative estimate of drug-likeness (QED) is 0.0569. The average Bonchev–Trinajstić information content (AvgIpc) is 1.64. The third-order valence-corrected chi connectivity index (χ3v) is 24.3. The second kappa shape index (κ2) is 32.3. The van der Waals surface area contributed by atoms with Crippen LogP contribution in [0.4, 0.5) is 68.2 Å². The SMILES string of the molecule is COc1ccc(N(c2ccc(OC)cc2)c2ccc(-c3sc(-c4ccc(N(c5ccc(-c6sc(-c7ccc(N(c8ccc(OC)cc8)c8ccc(OC)cc8)cc7)c7c6OCCO7)cc5)c5ccc(-c6sc(-c7ccc(N(c8ccc(OC)cc8)c8ccc(OC)cc8)cc7)c7c6OCCO7)cc5)cc4)c4c3OCCO4)cc2)cc1. The van der Waals surface area contributed by atoms with E-state index in [9.17, 15) is 0 Å². The summed E-state index contributed by atoms with van der Waals surface area (Å²) >= 11 is 5.00. The third kappa shape index (κ3) is 14.5. The van der Waals surface area contributed by atoms with E-state index in [1.165, 1.54) is 0 Å². The fraction of sp³-hybridized carbons (Fsp3) is 0.125. The Labute approximate surface area is 679 Å². The van der Waals surface area contributed by atoms with E-state index in [4.69, 9.17) is 56.8 Å². The Morgan fingerprint density at radius 2 is 0.287 bits per heavy atom. The Morgan fingerprint density at radius 1 is 0.174 bits per heavy atom. The molecular weight excluding hydrogens is 1500 g/mol. The zero-order valence-corrected chi connectivity index (χ0v) is 66.3. The maximum atomic E-state index is 6.57. The highest BCUT2D eigenvalue weighted by Gasteiger charge is 2.32. The van der Waals surface area contributed by atoms with Gasteiger partial charge in [-0.05, 0) is 252 Å². The molecule has 115 heavy (non-hydrogen) atoms. The van der Waals surface area contributed by atoms with Gasteiger partial charge in [0.15, 0.2) is 34.5 Å². The van der Waals surface area contributed by atoms with Crippen molar-refractivity contribution in [2.24, 2.45) is 0 Å². The Kier molecular flexibility index (Phi) is 20.5. The van der Waals surface area contributed by atoms with Gasteiger partial charge >= 0.3 is 0 Å². The second-order valence-electron chi connectivity index (χ2n) is 27.2. The van der Waals surface area contributed by atoms with Crippen LogP contribution in [0.15, 0.2) is 291 Å². The predicted octanol–water partition coefficient (Wildman–Crippen LogP) is 25.1. The van der Waals surface area contributed by atoms with Crippen LogP contribution in [0.5, 0.6) is 69.0 Å². The van der Waals surface area contributed by atoms with Gasteiger partial charge in [0.05, 0.1) is 71.9 Å². The van der Waals surface area contributed by atoms with Gasteiger partial charge in [-0.2, -0.15) is 0 Å². The van der Waals surface area contributed by atoms with Crippen LogP contribution < -0.4 is 76.4 Å². The van der Waals surface area contributed by atoms with Crippen molar-refractivity contribution in [2.75, 3.05) is 102 Å².